The van der Waals surface area contributed by atoms with Crippen molar-refractivity contribution < 1.29 is 8.42 Å². The van der Waals surface area contributed by atoms with E-state index in [1.165, 1.54) is 18.2 Å². The number of rotatable bonds is 5. The molecule has 0 amide bonds. The highest BCUT2D eigenvalue weighted by atomic mass is 32.2. The highest BCUT2D eigenvalue weighted by Crippen LogP contribution is 2.14. The second-order valence-electron chi connectivity index (χ2n) is 4.59. The molecule has 108 valence electrons. The molecule has 6 heteroatoms. The number of hydrogen-bond donors (Lipinski definition) is 1. The van der Waals surface area contributed by atoms with Crippen LogP contribution in [0.25, 0.3) is 0 Å². The molecule has 0 aliphatic heterocycles. The van der Waals surface area contributed by atoms with E-state index in [4.69, 9.17) is 5.26 Å². The first kappa shape index (κ1) is 15.2. The molecule has 0 aliphatic carbocycles. The van der Waals surface area contributed by atoms with Gasteiger partial charge in [-0.1, -0.05) is 0 Å². The number of sulfonamides is 1. The Labute approximate surface area is 124 Å². The Morgan fingerprint density at radius 3 is 2.57 bits per heavy atom. The predicted octanol–water partition coefficient (Wildman–Crippen LogP) is 1.78. The molecule has 5 nitrogen and oxygen atoms in total. The average molecular weight is 301 g/mol. The van der Waals surface area contributed by atoms with Gasteiger partial charge in [0.15, 0.2) is 0 Å². The normalized spacial score (nSPS) is 11.0. The van der Waals surface area contributed by atoms with Gasteiger partial charge in [-0.2, -0.15) is 5.26 Å². The molecule has 0 saturated carbocycles. The minimum atomic E-state index is -3.55. The van der Waals surface area contributed by atoms with E-state index in [9.17, 15) is 8.42 Å². The Balaban J connectivity index is 2.05. The zero-order valence-electron chi connectivity index (χ0n) is 11.6. The van der Waals surface area contributed by atoms with Crippen molar-refractivity contribution in [3.8, 4) is 6.07 Å². The SMILES string of the molecule is Cc1cc(S(=O)(=O)NCCc2ccncc2)ccc1C#N. The van der Waals surface area contributed by atoms with Crippen LogP contribution >= 0.6 is 0 Å². The van der Waals surface area contributed by atoms with Gasteiger partial charge in [-0.05, 0) is 54.8 Å². The van der Waals surface area contributed by atoms with Crippen LogP contribution in [-0.4, -0.2) is 19.9 Å². The Bertz CT molecular complexity index is 765. The van der Waals surface area contributed by atoms with Gasteiger partial charge in [0.2, 0.25) is 10.0 Å². The van der Waals surface area contributed by atoms with Crippen LogP contribution in [-0.2, 0) is 16.4 Å². The second kappa shape index (κ2) is 6.48. The smallest absolute Gasteiger partial charge is 0.240 e. The van der Waals surface area contributed by atoms with Crippen LogP contribution in [0.3, 0.4) is 0 Å². The third-order valence-electron chi connectivity index (χ3n) is 3.08. The molecule has 21 heavy (non-hydrogen) atoms. The van der Waals surface area contributed by atoms with E-state index in [0.29, 0.717) is 24.1 Å². The molecule has 1 aromatic carbocycles. The molecule has 0 unspecified atom stereocenters. The number of aryl methyl sites for hydroxylation is 1. The lowest BCUT2D eigenvalue weighted by molar-refractivity contribution is 0.581. The van der Waals surface area contributed by atoms with E-state index < -0.39 is 10.0 Å². The maximum absolute atomic E-state index is 12.2. The number of hydrogen-bond acceptors (Lipinski definition) is 4. The Morgan fingerprint density at radius 2 is 1.95 bits per heavy atom. The van der Waals surface area contributed by atoms with E-state index >= 15 is 0 Å². The minimum Gasteiger partial charge on any atom is -0.265 e. The summed E-state index contributed by atoms with van der Waals surface area (Å²) in [4.78, 5) is 4.09. The van der Waals surface area contributed by atoms with Crippen molar-refractivity contribution >= 4 is 10.0 Å². The number of nitriles is 1. The van der Waals surface area contributed by atoms with Crippen molar-refractivity contribution in [1.29, 1.82) is 5.26 Å². The molecular weight excluding hydrogens is 286 g/mol. The van der Waals surface area contributed by atoms with Crippen LogP contribution in [0, 0.1) is 18.3 Å². The van der Waals surface area contributed by atoms with Crippen LogP contribution in [0.2, 0.25) is 0 Å². The van der Waals surface area contributed by atoms with E-state index in [-0.39, 0.29) is 4.90 Å². The number of aromatic nitrogens is 1. The summed E-state index contributed by atoms with van der Waals surface area (Å²) in [5.41, 5.74) is 2.14. The Morgan fingerprint density at radius 1 is 1.24 bits per heavy atom. The van der Waals surface area contributed by atoms with E-state index in [1.807, 2.05) is 18.2 Å². The number of benzene rings is 1. The van der Waals surface area contributed by atoms with E-state index in [2.05, 4.69) is 9.71 Å². The van der Waals surface area contributed by atoms with Crippen LogP contribution < -0.4 is 4.72 Å². The van der Waals surface area contributed by atoms with Gasteiger partial charge in [-0.25, -0.2) is 13.1 Å². The fourth-order valence-corrected chi connectivity index (χ4v) is 3.01. The monoisotopic (exact) mass is 301 g/mol. The zero-order valence-corrected chi connectivity index (χ0v) is 12.4. The van der Waals surface area contributed by atoms with Gasteiger partial charge in [0.1, 0.15) is 0 Å². The quantitative estimate of drug-likeness (QED) is 0.912. The Hall–Kier alpha value is -2.23. The first-order valence-electron chi connectivity index (χ1n) is 6.42. The van der Waals surface area contributed by atoms with E-state index in [0.717, 1.165) is 5.56 Å². The summed E-state index contributed by atoms with van der Waals surface area (Å²) in [5, 5.41) is 8.86. The third-order valence-corrected chi connectivity index (χ3v) is 4.54. The van der Waals surface area contributed by atoms with Gasteiger partial charge in [0.25, 0.3) is 0 Å². The van der Waals surface area contributed by atoms with Crippen LogP contribution in [0.4, 0.5) is 0 Å². The summed E-state index contributed by atoms with van der Waals surface area (Å²) < 4.78 is 26.9. The van der Waals surface area contributed by atoms with Crippen molar-refractivity contribution in [2.45, 2.75) is 18.2 Å². The molecule has 0 spiro atoms. The predicted molar refractivity (Wildman–Crippen MR) is 79.0 cm³/mol. The highest BCUT2D eigenvalue weighted by molar-refractivity contribution is 7.89. The lowest BCUT2D eigenvalue weighted by Crippen LogP contribution is -2.26. The number of nitrogens with zero attached hydrogens (tertiary/aromatic N) is 2. The molecule has 0 atom stereocenters. The van der Waals surface area contributed by atoms with Crippen LogP contribution in [0.1, 0.15) is 16.7 Å². The first-order valence-corrected chi connectivity index (χ1v) is 7.90. The molecule has 0 fully saturated rings. The molecule has 1 heterocycles. The van der Waals surface area contributed by atoms with Crippen LogP contribution in [0.15, 0.2) is 47.6 Å². The summed E-state index contributed by atoms with van der Waals surface area (Å²) in [5.74, 6) is 0. The summed E-state index contributed by atoms with van der Waals surface area (Å²) in [6.45, 7) is 2.03. The largest absolute Gasteiger partial charge is 0.265 e. The van der Waals surface area contributed by atoms with Crippen molar-refractivity contribution in [1.82, 2.24) is 9.71 Å². The van der Waals surface area contributed by atoms with Crippen molar-refractivity contribution in [2.75, 3.05) is 6.54 Å². The summed E-state index contributed by atoms with van der Waals surface area (Å²) >= 11 is 0. The van der Waals surface area contributed by atoms with Gasteiger partial charge >= 0.3 is 0 Å². The van der Waals surface area contributed by atoms with Gasteiger partial charge in [-0.15, -0.1) is 0 Å². The first-order chi connectivity index (χ1) is 10.0. The Kier molecular flexibility index (Phi) is 4.68. The molecule has 0 saturated heterocycles. The average Bonchev–Trinajstić information content (AvgIpc) is 2.48. The van der Waals surface area contributed by atoms with Gasteiger partial charge in [0, 0.05) is 18.9 Å². The second-order valence-corrected chi connectivity index (χ2v) is 6.36. The highest BCUT2D eigenvalue weighted by Gasteiger charge is 2.14. The molecule has 0 aliphatic rings. The van der Waals surface area contributed by atoms with Gasteiger partial charge in [0.05, 0.1) is 16.5 Å². The maximum atomic E-state index is 12.2. The molecule has 0 bridgehead atoms. The molecule has 2 aromatic rings. The molecule has 1 N–H and O–H groups in total. The summed E-state index contributed by atoms with van der Waals surface area (Å²) in [6.07, 6.45) is 3.94. The van der Waals surface area contributed by atoms with Gasteiger partial charge in [-0.3, -0.25) is 4.98 Å². The standard InChI is InChI=1S/C15H15N3O2S/c1-12-10-15(3-2-14(12)11-16)21(19,20)18-9-6-13-4-7-17-8-5-13/h2-5,7-8,10,18H,6,9H2,1H3. The van der Waals surface area contributed by atoms with Gasteiger partial charge < -0.3 is 0 Å². The molecular formula is C15H15N3O2S. The minimum absolute atomic E-state index is 0.175. The molecule has 1 aromatic heterocycles. The van der Waals surface area contributed by atoms with Crippen molar-refractivity contribution in [3.05, 3.63) is 59.4 Å². The third kappa shape index (κ3) is 3.88. The van der Waals surface area contributed by atoms with Crippen LogP contribution in [0.5, 0.6) is 0 Å². The topological polar surface area (TPSA) is 82.8 Å². The number of pyridine rings is 1. The lowest BCUT2D eigenvalue weighted by atomic mass is 10.1. The van der Waals surface area contributed by atoms with Crippen molar-refractivity contribution in [3.63, 3.8) is 0 Å². The molecule has 2 rings (SSSR count). The summed E-state index contributed by atoms with van der Waals surface area (Å²) in [7, 11) is -3.55. The summed E-state index contributed by atoms with van der Waals surface area (Å²) in [6, 6.07) is 10.2. The lowest BCUT2D eigenvalue weighted by Gasteiger charge is -2.08. The fraction of sp³-hybridized carbons (Fsp3) is 0.200. The maximum Gasteiger partial charge on any atom is 0.240 e. The molecule has 0 radical (unpaired) electrons. The number of nitrogens with one attached hydrogen (secondary N) is 1. The fourth-order valence-electron chi connectivity index (χ4n) is 1.89. The zero-order chi connectivity index (χ0) is 15.3. The van der Waals surface area contributed by atoms with Crippen molar-refractivity contribution in [2.24, 2.45) is 0 Å². The van der Waals surface area contributed by atoms with E-state index in [1.54, 1.807) is 19.3 Å².